The molecule has 1 N–H and O–H groups in total. The minimum atomic E-state index is -9.88. The van der Waals surface area contributed by atoms with E-state index in [1.807, 2.05) is 29.9 Å². The van der Waals surface area contributed by atoms with Crippen molar-refractivity contribution in [3.05, 3.63) is 59.3 Å². The van der Waals surface area contributed by atoms with Crippen LogP contribution in [0.25, 0.3) is 10.9 Å². The third-order valence-corrected chi connectivity index (χ3v) is 9.82. The van der Waals surface area contributed by atoms with Crippen molar-refractivity contribution in [3.63, 3.8) is 0 Å². The van der Waals surface area contributed by atoms with Crippen molar-refractivity contribution in [2.75, 3.05) is 39.4 Å². The molecule has 1 saturated heterocycles. The molecule has 44 heavy (non-hydrogen) atoms. The minimum Gasteiger partial charge on any atom is -0.379 e. The van der Waals surface area contributed by atoms with Crippen molar-refractivity contribution in [2.24, 2.45) is 11.8 Å². The van der Waals surface area contributed by atoms with Gasteiger partial charge in [0.25, 0.3) is 5.91 Å². The van der Waals surface area contributed by atoms with E-state index >= 15 is 0 Å². The Balaban J connectivity index is 1.21. The first-order valence-corrected chi connectivity index (χ1v) is 17.1. The lowest BCUT2D eigenvalue weighted by atomic mass is 9.82. The summed E-state index contributed by atoms with van der Waals surface area (Å²) in [6.07, 6.45) is 6.00. The smallest absolute Gasteiger partial charge is 0.310 e. The Morgan fingerprint density at radius 3 is 2.50 bits per heavy atom. The first kappa shape index (κ1) is 32.4. The van der Waals surface area contributed by atoms with Gasteiger partial charge in [0.15, 0.2) is 5.78 Å². The number of hydrogen-bond donors (Lipinski definition) is 1. The van der Waals surface area contributed by atoms with Gasteiger partial charge in [0.1, 0.15) is 4.90 Å². The summed E-state index contributed by atoms with van der Waals surface area (Å²) in [4.78, 5) is 26.3. The van der Waals surface area contributed by atoms with Crippen LogP contribution in [0.4, 0.5) is 19.4 Å². The minimum absolute atomic E-state index is 0.132. The van der Waals surface area contributed by atoms with E-state index in [0.717, 1.165) is 61.4 Å². The molecule has 0 bridgehead atoms. The van der Waals surface area contributed by atoms with E-state index < -0.39 is 26.8 Å². The molecule has 13 heteroatoms. The highest BCUT2D eigenvalue weighted by atomic mass is 32.5. The normalized spacial score (nSPS) is 22.0. The van der Waals surface area contributed by atoms with Crippen LogP contribution < -0.4 is 5.32 Å². The van der Waals surface area contributed by atoms with Gasteiger partial charge in [0.2, 0.25) is 0 Å². The van der Waals surface area contributed by atoms with E-state index in [0.29, 0.717) is 63.3 Å². The maximum atomic E-state index is 13.3. The predicted molar refractivity (Wildman–Crippen MR) is 161 cm³/mol. The van der Waals surface area contributed by atoms with Gasteiger partial charge in [-0.15, -0.1) is 0 Å². The SMILES string of the molecule is Cc1cc2nn(CC3CCCCC(C(=O)c4cccc(S(F)(F)(F)(F)F)c4)CC3)cc2cc1C(=O)NCCN1CCOCC1. The third kappa shape index (κ3) is 8.16. The van der Waals surface area contributed by atoms with Gasteiger partial charge >= 0.3 is 10.2 Å². The molecule has 2 unspecified atom stereocenters. The highest BCUT2D eigenvalue weighted by Gasteiger charge is 2.65. The monoisotopic (exact) mass is 642 g/mol. The molecule has 2 fully saturated rings. The zero-order valence-electron chi connectivity index (χ0n) is 24.8. The van der Waals surface area contributed by atoms with E-state index in [9.17, 15) is 29.0 Å². The second kappa shape index (κ2) is 12.1. The molecule has 2 atom stereocenters. The number of benzene rings is 2. The fourth-order valence-electron chi connectivity index (χ4n) is 6.20. The lowest BCUT2D eigenvalue weighted by Gasteiger charge is -2.40. The number of hydrogen-bond acceptors (Lipinski definition) is 5. The van der Waals surface area contributed by atoms with E-state index in [1.165, 1.54) is 6.07 Å². The average Bonchev–Trinajstić information content (AvgIpc) is 3.34. The summed E-state index contributed by atoms with van der Waals surface area (Å²) in [5, 5.41) is 8.57. The van der Waals surface area contributed by atoms with Crippen LogP contribution >= 0.6 is 10.2 Å². The molecule has 5 rings (SSSR count). The third-order valence-electron chi connectivity index (χ3n) is 8.68. The molecular formula is C31H39F5N4O3S. The average molecular weight is 643 g/mol. The molecule has 1 saturated carbocycles. The molecular weight excluding hydrogens is 603 g/mol. The van der Waals surface area contributed by atoms with Crippen LogP contribution in [0, 0.1) is 18.8 Å². The van der Waals surface area contributed by atoms with Crippen LogP contribution in [0.15, 0.2) is 47.5 Å². The number of halogens is 5. The molecule has 2 aliphatic rings. The number of morpholine rings is 1. The molecule has 2 heterocycles. The van der Waals surface area contributed by atoms with Crippen LogP contribution in [0.2, 0.25) is 0 Å². The van der Waals surface area contributed by atoms with Crippen molar-refractivity contribution in [1.82, 2.24) is 20.0 Å². The molecule has 0 radical (unpaired) electrons. The number of Topliss-reactive ketones (excluding diaryl/α,β-unsaturated/α-hetero) is 1. The first-order chi connectivity index (χ1) is 20.7. The van der Waals surface area contributed by atoms with Gasteiger partial charge in [0.05, 0.1) is 18.7 Å². The maximum absolute atomic E-state index is 13.3. The molecule has 3 aromatic rings. The van der Waals surface area contributed by atoms with Crippen LogP contribution in [0.5, 0.6) is 0 Å². The lowest BCUT2D eigenvalue weighted by Crippen LogP contribution is -2.41. The highest BCUT2D eigenvalue weighted by Crippen LogP contribution is 3.02. The van der Waals surface area contributed by atoms with Crippen LogP contribution in [-0.2, 0) is 11.3 Å². The highest BCUT2D eigenvalue weighted by molar-refractivity contribution is 8.45. The summed E-state index contributed by atoms with van der Waals surface area (Å²) in [5.41, 5.74) is 1.87. The molecule has 0 spiro atoms. The topological polar surface area (TPSA) is 76.5 Å². The molecule has 7 nitrogen and oxygen atoms in total. The molecule has 1 amide bonds. The predicted octanol–water partition coefficient (Wildman–Crippen LogP) is 7.53. The number of fused-ring (bicyclic) bond motifs is 1. The van der Waals surface area contributed by atoms with Crippen LogP contribution in [0.1, 0.15) is 64.8 Å². The van der Waals surface area contributed by atoms with Gasteiger partial charge in [0, 0.05) is 61.4 Å². The van der Waals surface area contributed by atoms with Gasteiger partial charge < -0.3 is 10.1 Å². The number of amides is 1. The zero-order chi connectivity index (χ0) is 31.6. The van der Waals surface area contributed by atoms with E-state index in [2.05, 4.69) is 10.2 Å². The lowest BCUT2D eigenvalue weighted by molar-refractivity contribution is 0.0383. The number of rotatable bonds is 9. The summed E-state index contributed by atoms with van der Waals surface area (Å²) in [5.74, 6) is -1.01. The fraction of sp³-hybridized carbons (Fsp3) is 0.516. The Kier molecular flexibility index (Phi) is 8.87. The number of ketones is 1. The van der Waals surface area contributed by atoms with Gasteiger partial charge in [-0.1, -0.05) is 44.4 Å². The standard InChI is InChI=1S/C31H39F5N4O3S/c1-22-17-29-26(19-28(22)31(42)37-11-12-39-13-15-43-16-14-39)21-40(38-29)20-23-5-2-3-6-24(10-9-23)30(41)25-7-4-8-27(18-25)44(32,33,34,35)36/h4,7-8,17-19,21,23-24H,2-3,5-6,9-16,20H2,1H3,(H,37,42). The summed E-state index contributed by atoms with van der Waals surface area (Å²) < 4.78 is 73.9. The van der Waals surface area contributed by atoms with Gasteiger partial charge in [-0.25, -0.2) is 0 Å². The fourth-order valence-corrected chi connectivity index (χ4v) is 6.88. The van der Waals surface area contributed by atoms with Crippen LogP contribution in [-0.4, -0.2) is 65.8 Å². The van der Waals surface area contributed by atoms with Crippen molar-refractivity contribution >= 4 is 32.8 Å². The summed E-state index contributed by atoms with van der Waals surface area (Å²) in [6, 6.07) is 6.43. The zero-order valence-corrected chi connectivity index (χ0v) is 25.6. The number of aryl methyl sites for hydroxylation is 1. The quantitative estimate of drug-likeness (QED) is 0.193. The van der Waals surface area contributed by atoms with Gasteiger partial charge in [-0.3, -0.25) is 19.2 Å². The number of nitrogens with one attached hydrogen (secondary N) is 1. The van der Waals surface area contributed by atoms with Crippen molar-refractivity contribution in [3.8, 4) is 0 Å². The largest absolute Gasteiger partial charge is 0.379 e. The molecule has 1 aliphatic heterocycles. The van der Waals surface area contributed by atoms with E-state index in [1.54, 1.807) is 0 Å². The van der Waals surface area contributed by atoms with Crippen molar-refractivity contribution < 1.29 is 33.8 Å². The summed E-state index contributed by atoms with van der Waals surface area (Å²) in [6.45, 7) is 6.91. The maximum Gasteiger partial charge on any atom is 0.310 e. The molecule has 242 valence electrons. The first-order valence-electron chi connectivity index (χ1n) is 15.1. The second-order valence-electron chi connectivity index (χ2n) is 12.1. The molecule has 1 aromatic heterocycles. The number of carbonyl (C=O) groups is 2. The Bertz CT molecular complexity index is 1520. The van der Waals surface area contributed by atoms with E-state index in [4.69, 9.17) is 9.84 Å². The Labute approximate surface area is 253 Å². The second-order valence-corrected chi connectivity index (χ2v) is 14.5. The Morgan fingerprint density at radius 2 is 1.75 bits per heavy atom. The Hall–Kier alpha value is -3.03. The number of carbonyl (C=O) groups excluding carboxylic acids is 2. The Morgan fingerprint density at radius 1 is 1.00 bits per heavy atom. The number of aromatic nitrogens is 2. The van der Waals surface area contributed by atoms with Crippen molar-refractivity contribution in [2.45, 2.75) is 56.9 Å². The molecule has 1 aliphatic carbocycles. The summed E-state index contributed by atoms with van der Waals surface area (Å²) >= 11 is 0. The van der Waals surface area contributed by atoms with Gasteiger partial charge in [-0.2, -0.15) is 5.10 Å². The van der Waals surface area contributed by atoms with Gasteiger partial charge in [-0.05, 0) is 68.4 Å². The van der Waals surface area contributed by atoms with Crippen molar-refractivity contribution in [1.29, 1.82) is 0 Å². The van der Waals surface area contributed by atoms with Crippen LogP contribution in [0.3, 0.4) is 0 Å². The number of nitrogens with zero attached hydrogens (tertiary/aromatic N) is 3. The summed E-state index contributed by atoms with van der Waals surface area (Å²) in [7, 11) is -9.88. The van der Waals surface area contributed by atoms with E-state index in [-0.39, 0.29) is 17.4 Å². The number of ether oxygens (including phenoxy) is 1. The molecule has 2 aromatic carbocycles.